The van der Waals surface area contributed by atoms with Crippen molar-refractivity contribution in [3.63, 3.8) is 0 Å². The average Bonchev–Trinajstić information content (AvgIpc) is 4.02. The van der Waals surface area contributed by atoms with E-state index in [1.165, 1.54) is 71.0 Å². The first kappa shape index (κ1) is 37.0. The van der Waals surface area contributed by atoms with E-state index in [1.54, 1.807) is 0 Å². The van der Waals surface area contributed by atoms with Gasteiger partial charge in [0.1, 0.15) is 0 Å². The molecule has 0 saturated heterocycles. The van der Waals surface area contributed by atoms with Crippen molar-refractivity contribution in [3.8, 4) is 45.5 Å². The molecule has 65 heavy (non-hydrogen) atoms. The first-order chi connectivity index (χ1) is 32.3. The Labute approximate surface area is 375 Å². The van der Waals surface area contributed by atoms with Crippen molar-refractivity contribution in [2.24, 2.45) is 0 Å². The minimum absolute atomic E-state index is 0.656. The maximum Gasteiger partial charge on any atom is 0.164 e. The molecule has 4 heterocycles. The van der Waals surface area contributed by atoms with Gasteiger partial charge in [0.2, 0.25) is 0 Å². The fraction of sp³-hybridized carbons (Fsp3) is 0.0339. The van der Waals surface area contributed by atoms with Crippen LogP contribution in [-0.2, 0) is 13.0 Å². The molecule has 0 fully saturated rings. The second-order valence-electron chi connectivity index (χ2n) is 16.7. The molecular formula is C59H40N6. The van der Waals surface area contributed by atoms with Gasteiger partial charge in [-0.3, -0.25) is 0 Å². The molecule has 0 unspecified atom stereocenters. The Morgan fingerprint density at radius 3 is 1.22 bits per heavy atom. The minimum atomic E-state index is 0.656. The van der Waals surface area contributed by atoms with Crippen LogP contribution in [-0.4, -0.2) is 28.7 Å². The van der Waals surface area contributed by atoms with Crippen LogP contribution in [0.15, 0.2) is 218 Å². The summed E-state index contributed by atoms with van der Waals surface area (Å²) in [6, 6.07) is 77.7. The molecule has 4 aromatic heterocycles. The number of benzene rings is 9. The van der Waals surface area contributed by atoms with Gasteiger partial charge in [0, 0.05) is 72.4 Å². The highest BCUT2D eigenvalue weighted by Crippen LogP contribution is 2.49. The Morgan fingerprint density at radius 2 is 0.708 bits per heavy atom. The van der Waals surface area contributed by atoms with Crippen molar-refractivity contribution in [1.82, 2.24) is 28.7 Å². The molecule has 0 amide bonds. The lowest BCUT2D eigenvalue weighted by Crippen LogP contribution is -2.03. The van der Waals surface area contributed by atoms with E-state index in [9.17, 15) is 0 Å². The van der Waals surface area contributed by atoms with E-state index in [1.807, 2.05) is 36.4 Å². The van der Waals surface area contributed by atoms with Crippen molar-refractivity contribution in [2.45, 2.75) is 13.0 Å². The van der Waals surface area contributed by atoms with E-state index >= 15 is 0 Å². The molecule has 13 aromatic rings. The van der Waals surface area contributed by atoms with Gasteiger partial charge in [-0.1, -0.05) is 170 Å². The lowest BCUT2D eigenvalue weighted by molar-refractivity contribution is 0.747. The highest BCUT2D eigenvalue weighted by molar-refractivity contribution is 6.40. The highest BCUT2D eigenvalue weighted by atomic mass is 15.1. The van der Waals surface area contributed by atoms with Crippen molar-refractivity contribution in [2.75, 3.05) is 0 Å². The molecule has 0 atom stereocenters. The molecule has 0 spiro atoms. The lowest BCUT2D eigenvalue weighted by atomic mass is 10.0. The predicted octanol–water partition coefficient (Wildman–Crippen LogP) is 14.4. The van der Waals surface area contributed by atoms with E-state index in [0.717, 1.165) is 41.0 Å². The Hall–Kier alpha value is -8.61. The monoisotopic (exact) mass is 832 g/mol. The summed E-state index contributed by atoms with van der Waals surface area (Å²) in [5, 5.41) is 7.49. The molecule has 6 nitrogen and oxygen atoms in total. The summed E-state index contributed by atoms with van der Waals surface area (Å²) in [5.74, 6) is 1.97. The third kappa shape index (κ3) is 5.91. The van der Waals surface area contributed by atoms with Crippen molar-refractivity contribution < 1.29 is 0 Å². The molecular weight excluding hydrogens is 793 g/mol. The first-order valence-electron chi connectivity index (χ1n) is 22.2. The second-order valence-corrected chi connectivity index (χ2v) is 16.7. The molecule has 13 rings (SSSR count). The van der Waals surface area contributed by atoms with Gasteiger partial charge in [-0.05, 0) is 60.5 Å². The number of rotatable bonds is 8. The Bertz CT molecular complexity index is 3790. The predicted molar refractivity (Wildman–Crippen MR) is 268 cm³/mol. The molecule has 306 valence electrons. The third-order valence-electron chi connectivity index (χ3n) is 13.0. The smallest absolute Gasteiger partial charge is 0.164 e. The van der Waals surface area contributed by atoms with E-state index in [2.05, 4.69) is 196 Å². The molecule has 0 radical (unpaired) electrons. The summed E-state index contributed by atoms with van der Waals surface area (Å²) in [6.45, 7) is 0.756. The maximum atomic E-state index is 5.07. The van der Waals surface area contributed by atoms with Crippen LogP contribution < -0.4 is 0 Å². The van der Waals surface area contributed by atoms with Crippen molar-refractivity contribution in [1.29, 1.82) is 0 Å². The van der Waals surface area contributed by atoms with Gasteiger partial charge in [-0.25, -0.2) is 15.0 Å². The Kier molecular flexibility index (Phi) is 8.56. The van der Waals surface area contributed by atoms with Crippen LogP contribution in [0.3, 0.4) is 0 Å². The van der Waals surface area contributed by atoms with Gasteiger partial charge in [0.15, 0.2) is 17.5 Å². The summed E-state index contributed by atoms with van der Waals surface area (Å²) in [5.41, 5.74) is 13.6. The number of aromatic nitrogens is 6. The van der Waals surface area contributed by atoms with Crippen molar-refractivity contribution in [3.05, 3.63) is 224 Å². The van der Waals surface area contributed by atoms with Crippen LogP contribution >= 0.6 is 0 Å². The van der Waals surface area contributed by atoms with E-state index < -0.39 is 0 Å². The fourth-order valence-corrected chi connectivity index (χ4v) is 10.2. The molecule has 0 saturated carbocycles. The van der Waals surface area contributed by atoms with Crippen LogP contribution in [0, 0.1) is 0 Å². The van der Waals surface area contributed by atoms with Gasteiger partial charge < -0.3 is 13.7 Å². The fourth-order valence-electron chi connectivity index (χ4n) is 10.2. The summed E-state index contributed by atoms with van der Waals surface area (Å²) in [4.78, 5) is 15.1. The van der Waals surface area contributed by atoms with Gasteiger partial charge in [-0.15, -0.1) is 0 Å². The van der Waals surface area contributed by atoms with E-state index in [4.69, 9.17) is 15.0 Å². The number of para-hydroxylation sites is 5. The number of hydrogen-bond acceptors (Lipinski definition) is 3. The van der Waals surface area contributed by atoms with E-state index in [0.29, 0.717) is 17.5 Å². The van der Waals surface area contributed by atoms with Crippen LogP contribution in [0.1, 0.15) is 5.56 Å². The summed E-state index contributed by atoms with van der Waals surface area (Å²) in [6.07, 6.45) is 0.794. The largest absolute Gasteiger partial charge is 0.340 e. The van der Waals surface area contributed by atoms with Gasteiger partial charge in [0.25, 0.3) is 0 Å². The first-order valence-corrected chi connectivity index (χ1v) is 22.2. The highest BCUT2D eigenvalue weighted by Gasteiger charge is 2.28. The average molecular weight is 833 g/mol. The number of aryl methyl sites for hydroxylation is 2. The number of fused-ring (bicyclic) bond motifs is 12. The zero-order valence-corrected chi connectivity index (χ0v) is 35.4. The molecule has 0 bridgehead atoms. The minimum Gasteiger partial charge on any atom is -0.340 e. The number of nitrogens with zero attached hydrogens (tertiary/aromatic N) is 6. The third-order valence-corrected chi connectivity index (χ3v) is 13.0. The Morgan fingerprint density at radius 1 is 0.323 bits per heavy atom. The van der Waals surface area contributed by atoms with Crippen LogP contribution in [0.25, 0.3) is 111 Å². The number of hydrogen-bond donors (Lipinski definition) is 0. The quantitative estimate of drug-likeness (QED) is 0.153. The SMILES string of the molecule is c1ccc(-c2nc(-c3ccccc3)nc(-c3cccc(CCn4c5ccccc5c5c4c4c6ccccc6n(-c6ccccc6)c4c4c6ccccc6n(-c6ccccc6)c54)c3)n2)cc1. The zero-order valence-electron chi connectivity index (χ0n) is 35.4. The maximum absolute atomic E-state index is 5.07. The standard InChI is InChI=1S/C59H40N6/c1-5-21-40(22-6-1)57-60-58(41-23-7-2-8-24-41)62-59(61-57)42-25-19-20-39(38-42)36-37-63-48-33-16-13-30-45(48)51-54(63)52-46-31-14-17-34-49(46)64(43-26-9-3-10-27-43)56(52)53-47-32-15-18-35-50(47)65(55(51)53)44-28-11-4-12-29-44/h1-35,38H,36-37H2. The molecule has 0 aliphatic carbocycles. The molecule has 0 aliphatic heterocycles. The van der Waals surface area contributed by atoms with Gasteiger partial charge in [-0.2, -0.15) is 0 Å². The van der Waals surface area contributed by atoms with Crippen LogP contribution in [0.2, 0.25) is 0 Å². The van der Waals surface area contributed by atoms with Crippen LogP contribution in [0.4, 0.5) is 0 Å². The second kappa shape index (κ2) is 15.0. The molecule has 9 aromatic carbocycles. The summed E-state index contributed by atoms with van der Waals surface area (Å²) in [7, 11) is 0. The van der Waals surface area contributed by atoms with Gasteiger partial charge in [0.05, 0.1) is 27.6 Å². The zero-order chi connectivity index (χ0) is 42.8. The molecule has 0 aliphatic rings. The summed E-state index contributed by atoms with van der Waals surface area (Å²) >= 11 is 0. The molecule has 0 N–H and O–H groups in total. The van der Waals surface area contributed by atoms with E-state index in [-0.39, 0.29) is 0 Å². The molecule has 6 heteroatoms. The lowest BCUT2D eigenvalue weighted by Gasteiger charge is -2.14. The normalized spacial score (nSPS) is 11.8. The summed E-state index contributed by atoms with van der Waals surface area (Å²) < 4.78 is 7.60. The Balaban J connectivity index is 1.06. The topological polar surface area (TPSA) is 53.5 Å². The van der Waals surface area contributed by atoms with Crippen LogP contribution in [0.5, 0.6) is 0 Å². The van der Waals surface area contributed by atoms with Crippen molar-refractivity contribution >= 4 is 65.4 Å². The van der Waals surface area contributed by atoms with Gasteiger partial charge >= 0.3 is 0 Å².